The van der Waals surface area contributed by atoms with Gasteiger partial charge in [-0.3, -0.25) is 9.59 Å². The number of nitrogens with zero attached hydrogens (tertiary/aromatic N) is 2. The fraction of sp³-hybridized carbons (Fsp3) is 0.370. The van der Waals surface area contributed by atoms with Crippen LogP contribution in [0.25, 0.3) is 11.3 Å². The quantitative estimate of drug-likeness (QED) is 0.520. The highest BCUT2D eigenvalue weighted by Crippen LogP contribution is 2.37. The lowest BCUT2D eigenvalue weighted by molar-refractivity contribution is -0.120. The van der Waals surface area contributed by atoms with Gasteiger partial charge in [0.25, 0.3) is 0 Å². The molecule has 182 valence electrons. The van der Waals surface area contributed by atoms with Crippen LogP contribution in [-0.4, -0.2) is 30.1 Å². The molecule has 2 aromatic carbocycles. The van der Waals surface area contributed by atoms with Crippen LogP contribution in [0.4, 0.5) is 10.8 Å². The van der Waals surface area contributed by atoms with E-state index in [-0.39, 0.29) is 30.4 Å². The summed E-state index contributed by atoms with van der Waals surface area (Å²) >= 11 is 1.46. The van der Waals surface area contributed by atoms with Gasteiger partial charge in [-0.1, -0.05) is 32.9 Å². The summed E-state index contributed by atoms with van der Waals surface area (Å²) in [6, 6.07) is 11.7. The van der Waals surface area contributed by atoms with Crippen LogP contribution >= 0.6 is 11.3 Å². The standard InChI is InChI=1S/C27H29N3O4S/c1-16-25(19-6-7-20-18(13-19)9-10-30(20)24(32)14-27(2,3)4)29-26(35-16)28-23(31)12-17-5-8-21-22(11-17)34-15-33-21/h5-8,11,13H,9-10,12,14-15H2,1-4H3,(H,28,29,31). The number of aromatic nitrogens is 1. The first-order valence-corrected chi connectivity index (χ1v) is 12.6. The summed E-state index contributed by atoms with van der Waals surface area (Å²) in [4.78, 5) is 33.1. The number of anilines is 2. The lowest BCUT2D eigenvalue weighted by Gasteiger charge is -2.23. The fourth-order valence-electron chi connectivity index (χ4n) is 4.47. The van der Waals surface area contributed by atoms with Crippen LogP contribution < -0.4 is 19.7 Å². The molecular formula is C27H29N3O4S. The average molecular weight is 492 g/mol. The van der Waals surface area contributed by atoms with Gasteiger partial charge in [-0.2, -0.15) is 0 Å². The Morgan fingerprint density at radius 3 is 2.71 bits per heavy atom. The number of aryl methyl sites for hydroxylation is 1. The molecule has 0 unspecified atom stereocenters. The maximum atomic E-state index is 12.8. The summed E-state index contributed by atoms with van der Waals surface area (Å²) in [5, 5.41) is 3.50. The lowest BCUT2D eigenvalue weighted by atomic mass is 9.91. The Hall–Kier alpha value is -3.39. The van der Waals surface area contributed by atoms with Gasteiger partial charge in [-0.05, 0) is 54.2 Å². The number of carbonyl (C=O) groups is 2. The number of ether oxygens (including phenoxy) is 2. The van der Waals surface area contributed by atoms with Crippen molar-refractivity contribution in [1.29, 1.82) is 0 Å². The summed E-state index contributed by atoms with van der Waals surface area (Å²) in [6.07, 6.45) is 1.58. The van der Waals surface area contributed by atoms with Crippen LogP contribution in [0, 0.1) is 12.3 Å². The molecule has 1 aromatic heterocycles. The van der Waals surface area contributed by atoms with Crippen molar-refractivity contribution in [3.8, 4) is 22.8 Å². The molecule has 5 rings (SSSR count). The van der Waals surface area contributed by atoms with Crippen molar-refractivity contribution >= 4 is 34.0 Å². The summed E-state index contributed by atoms with van der Waals surface area (Å²) < 4.78 is 10.7. The molecule has 1 N–H and O–H groups in total. The van der Waals surface area contributed by atoms with E-state index < -0.39 is 0 Å². The van der Waals surface area contributed by atoms with Gasteiger partial charge in [0.15, 0.2) is 16.6 Å². The predicted molar refractivity (Wildman–Crippen MR) is 137 cm³/mol. The van der Waals surface area contributed by atoms with Gasteiger partial charge in [0.2, 0.25) is 18.6 Å². The largest absolute Gasteiger partial charge is 0.454 e. The smallest absolute Gasteiger partial charge is 0.231 e. The van der Waals surface area contributed by atoms with Gasteiger partial charge in [0, 0.05) is 29.1 Å². The number of rotatable bonds is 5. The number of hydrogen-bond acceptors (Lipinski definition) is 6. The number of carbonyl (C=O) groups excluding carboxylic acids is 2. The van der Waals surface area contributed by atoms with Gasteiger partial charge < -0.3 is 19.7 Å². The second-order valence-electron chi connectivity index (χ2n) is 10.2. The Morgan fingerprint density at radius 1 is 1.11 bits per heavy atom. The Bertz CT molecular complexity index is 1310. The van der Waals surface area contributed by atoms with E-state index in [0.717, 1.165) is 39.4 Å². The van der Waals surface area contributed by atoms with Crippen molar-refractivity contribution in [3.05, 3.63) is 52.4 Å². The van der Waals surface area contributed by atoms with E-state index in [2.05, 4.69) is 32.2 Å². The monoisotopic (exact) mass is 491 g/mol. The molecule has 7 nitrogen and oxygen atoms in total. The van der Waals surface area contributed by atoms with E-state index in [4.69, 9.17) is 14.5 Å². The molecule has 3 aromatic rings. The molecule has 0 bridgehead atoms. The van der Waals surface area contributed by atoms with Crippen molar-refractivity contribution in [1.82, 2.24) is 4.98 Å². The number of thiazole rings is 1. The highest BCUT2D eigenvalue weighted by Gasteiger charge is 2.28. The van der Waals surface area contributed by atoms with Crippen molar-refractivity contribution in [2.45, 2.75) is 47.0 Å². The maximum absolute atomic E-state index is 12.8. The Kier molecular flexibility index (Phi) is 6.01. The van der Waals surface area contributed by atoms with Gasteiger partial charge >= 0.3 is 0 Å². The van der Waals surface area contributed by atoms with Crippen LogP contribution in [0.2, 0.25) is 0 Å². The summed E-state index contributed by atoms with van der Waals surface area (Å²) in [5.74, 6) is 1.40. The van der Waals surface area contributed by atoms with E-state index in [1.807, 2.05) is 42.2 Å². The lowest BCUT2D eigenvalue weighted by Crippen LogP contribution is -2.31. The molecule has 2 aliphatic rings. The molecule has 2 amide bonds. The van der Waals surface area contributed by atoms with Crippen molar-refractivity contribution < 1.29 is 19.1 Å². The minimum absolute atomic E-state index is 0.0406. The number of fused-ring (bicyclic) bond motifs is 2. The average Bonchev–Trinajstić information content (AvgIpc) is 3.49. The van der Waals surface area contributed by atoms with E-state index in [9.17, 15) is 9.59 Å². The van der Waals surface area contributed by atoms with E-state index in [1.54, 1.807) is 0 Å². The van der Waals surface area contributed by atoms with Gasteiger partial charge in [0.1, 0.15) is 0 Å². The Labute approximate surface area is 209 Å². The molecule has 0 radical (unpaired) electrons. The number of nitrogens with one attached hydrogen (secondary N) is 1. The zero-order chi connectivity index (χ0) is 24.7. The SMILES string of the molecule is Cc1sc(NC(=O)Cc2ccc3c(c2)OCO3)nc1-c1ccc2c(c1)CCN2C(=O)CC(C)(C)C. The minimum atomic E-state index is -0.133. The molecule has 0 saturated carbocycles. The molecular weight excluding hydrogens is 462 g/mol. The molecule has 0 aliphatic carbocycles. The first-order chi connectivity index (χ1) is 16.7. The van der Waals surface area contributed by atoms with Gasteiger partial charge in [-0.15, -0.1) is 11.3 Å². The second kappa shape index (κ2) is 9.00. The predicted octanol–water partition coefficient (Wildman–Crippen LogP) is 5.35. The molecule has 0 spiro atoms. The normalized spacial score (nSPS) is 14.2. The Balaban J connectivity index is 1.28. The zero-order valence-electron chi connectivity index (χ0n) is 20.4. The minimum Gasteiger partial charge on any atom is -0.454 e. The molecule has 35 heavy (non-hydrogen) atoms. The fourth-order valence-corrected chi connectivity index (χ4v) is 5.33. The van der Waals surface area contributed by atoms with Crippen LogP contribution in [0.1, 0.15) is 43.2 Å². The second-order valence-corrected chi connectivity index (χ2v) is 11.4. The molecule has 2 aliphatic heterocycles. The molecule has 0 fully saturated rings. The highest BCUT2D eigenvalue weighted by molar-refractivity contribution is 7.16. The van der Waals surface area contributed by atoms with Crippen molar-refractivity contribution in [3.63, 3.8) is 0 Å². The van der Waals surface area contributed by atoms with E-state index in [1.165, 1.54) is 11.3 Å². The van der Waals surface area contributed by atoms with Gasteiger partial charge in [-0.25, -0.2) is 4.98 Å². The van der Waals surface area contributed by atoms with E-state index in [0.29, 0.717) is 29.6 Å². The third-order valence-electron chi connectivity index (χ3n) is 6.08. The third kappa shape index (κ3) is 5.03. The number of benzene rings is 2. The Morgan fingerprint density at radius 2 is 1.91 bits per heavy atom. The van der Waals surface area contributed by atoms with Crippen LogP contribution in [0.5, 0.6) is 11.5 Å². The number of hydrogen-bond donors (Lipinski definition) is 1. The van der Waals surface area contributed by atoms with Crippen LogP contribution in [0.15, 0.2) is 36.4 Å². The first kappa shape index (κ1) is 23.4. The zero-order valence-corrected chi connectivity index (χ0v) is 21.3. The third-order valence-corrected chi connectivity index (χ3v) is 6.96. The summed E-state index contributed by atoms with van der Waals surface area (Å²) in [7, 11) is 0. The van der Waals surface area contributed by atoms with Crippen molar-refractivity contribution in [2.75, 3.05) is 23.6 Å². The topological polar surface area (TPSA) is 80.8 Å². The molecule has 0 saturated heterocycles. The molecule has 3 heterocycles. The number of amides is 2. The summed E-state index contributed by atoms with van der Waals surface area (Å²) in [6.45, 7) is 9.18. The van der Waals surface area contributed by atoms with Crippen LogP contribution in [-0.2, 0) is 22.4 Å². The van der Waals surface area contributed by atoms with Crippen LogP contribution in [0.3, 0.4) is 0 Å². The van der Waals surface area contributed by atoms with Gasteiger partial charge in [0.05, 0.1) is 12.1 Å². The maximum Gasteiger partial charge on any atom is 0.231 e. The van der Waals surface area contributed by atoms with E-state index >= 15 is 0 Å². The van der Waals surface area contributed by atoms with Crippen molar-refractivity contribution in [2.24, 2.45) is 5.41 Å². The summed E-state index contributed by atoms with van der Waals surface area (Å²) in [5.41, 5.74) is 4.82. The molecule has 8 heteroatoms. The highest BCUT2D eigenvalue weighted by atomic mass is 32.1. The first-order valence-electron chi connectivity index (χ1n) is 11.8. The molecule has 0 atom stereocenters.